The van der Waals surface area contributed by atoms with Crippen LogP contribution >= 0.6 is 0 Å². The summed E-state index contributed by atoms with van der Waals surface area (Å²) < 4.78 is 0. The number of rotatable bonds is 2. The highest BCUT2D eigenvalue weighted by atomic mass is 16.3. The predicted octanol–water partition coefficient (Wildman–Crippen LogP) is -1.30. The second-order valence-electron chi connectivity index (χ2n) is 3.35. The Morgan fingerprint density at radius 3 is 2.62 bits per heavy atom. The number of hydrogen-bond donors (Lipinski definition) is 2. The van der Waals surface area contributed by atoms with Crippen LogP contribution in [-0.2, 0) is 9.59 Å². The minimum atomic E-state index is -0.994. The number of likely N-dealkylation sites (tertiary alicyclic amines) is 1. The molecule has 74 valence electrons. The van der Waals surface area contributed by atoms with E-state index in [4.69, 9.17) is 10.8 Å². The van der Waals surface area contributed by atoms with Gasteiger partial charge in [-0.05, 0) is 13.3 Å². The number of primary amides is 1. The molecule has 3 N–H and O–H groups in total. The first-order valence-electron chi connectivity index (χ1n) is 4.28. The molecule has 0 aromatic heterocycles. The molecule has 0 spiro atoms. The molecular weight excluding hydrogens is 172 g/mol. The first-order chi connectivity index (χ1) is 6.02. The molecule has 13 heavy (non-hydrogen) atoms. The van der Waals surface area contributed by atoms with Crippen molar-refractivity contribution in [1.29, 1.82) is 0 Å². The molecule has 5 heteroatoms. The quantitative estimate of drug-likeness (QED) is 0.562. The molecule has 1 rings (SSSR count). The molecule has 1 heterocycles. The summed E-state index contributed by atoms with van der Waals surface area (Å²) in [7, 11) is 0. The molecule has 1 aliphatic rings. The van der Waals surface area contributed by atoms with Crippen molar-refractivity contribution in [2.24, 2.45) is 11.7 Å². The maximum Gasteiger partial charge on any atom is 0.251 e. The van der Waals surface area contributed by atoms with Crippen molar-refractivity contribution in [3.05, 3.63) is 0 Å². The predicted molar refractivity (Wildman–Crippen MR) is 45.6 cm³/mol. The van der Waals surface area contributed by atoms with Crippen LogP contribution in [0.4, 0.5) is 0 Å². The van der Waals surface area contributed by atoms with Crippen LogP contribution in [0.2, 0.25) is 0 Å². The van der Waals surface area contributed by atoms with Crippen LogP contribution in [0.3, 0.4) is 0 Å². The van der Waals surface area contributed by atoms with Gasteiger partial charge < -0.3 is 15.7 Å². The number of amides is 2. The summed E-state index contributed by atoms with van der Waals surface area (Å²) in [5.74, 6) is -0.952. The lowest BCUT2D eigenvalue weighted by Gasteiger charge is -2.17. The Bertz CT molecular complexity index is 227. The zero-order chi connectivity index (χ0) is 10.0. The van der Waals surface area contributed by atoms with E-state index in [1.807, 2.05) is 0 Å². The molecule has 0 saturated carbocycles. The van der Waals surface area contributed by atoms with Crippen molar-refractivity contribution in [3.63, 3.8) is 0 Å². The van der Waals surface area contributed by atoms with Gasteiger partial charge in [0.2, 0.25) is 5.91 Å². The highest BCUT2D eigenvalue weighted by molar-refractivity contribution is 5.83. The van der Waals surface area contributed by atoms with E-state index < -0.39 is 6.10 Å². The first-order valence-corrected chi connectivity index (χ1v) is 4.28. The maximum atomic E-state index is 11.2. The van der Waals surface area contributed by atoms with E-state index in [9.17, 15) is 9.59 Å². The van der Waals surface area contributed by atoms with Crippen molar-refractivity contribution >= 4 is 11.8 Å². The van der Waals surface area contributed by atoms with Gasteiger partial charge in [-0.3, -0.25) is 9.59 Å². The Morgan fingerprint density at radius 1 is 1.62 bits per heavy atom. The number of aliphatic hydroxyl groups excluding tert-OH is 1. The standard InChI is InChI=1S/C8H14N2O3/c1-5(11)8(13)10-3-2-6(4-10)7(9)12/h5-6,11H,2-4H2,1H3,(H2,9,12)/t5-,6?/m1/s1. The zero-order valence-corrected chi connectivity index (χ0v) is 7.56. The highest BCUT2D eigenvalue weighted by Gasteiger charge is 2.30. The smallest absolute Gasteiger partial charge is 0.251 e. The van der Waals surface area contributed by atoms with Crippen molar-refractivity contribution in [2.45, 2.75) is 19.4 Å². The second-order valence-corrected chi connectivity index (χ2v) is 3.35. The van der Waals surface area contributed by atoms with Gasteiger partial charge in [0.15, 0.2) is 0 Å². The minimum Gasteiger partial charge on any atom is -0.384 e. The van der Waals surface area contributed by atoms with Crippen molar-refractivity contribution in [2.75, 3.05) is 13.1 Å². The molecular formula is C8H14N2O3. The minimum absolute atomic E-state index is 0.248. The van der Waals surface area contributed by atoms with E-state index in [1.54, 1.807) is 0 Å². The summed E-state index contributed by atoms with van der Waals surface area (Å²) >= 11 is 0. The molecule has 0 aromatic carbocycles. The van der Waals surface area contributed by atoms with Gasteiger partial charge in [-0.15, -0.1) is 0 Å². The Labute approximate surface area is 76.5 Å². The number of hydrogen-bond acceptors (Lipinski definition) is 3. The van der Waals surface area contributed by atoms with Crippen molar-refractivity contribution in [3.8, 4) is 0 Å². The number of carbonyl (C=O) groups is 2. The Morgan fingerprint density at radius 2 is 2.23 bits per heavy atom. The van der Waals surface area contributed by atoms with Gasteiger partial charge in [0, 0.05) is 13.1 Å². The van der Waals surface area contributed by atoms with Gasteiger partial charge in [-0.1, -0.05) is 0 Å². The van der Waals surface area contributed by atoms with Crippen molar-refractivity contribution < 1.29 is 14.7 Å². The summed E-state index contributed by atoms with van der Waals surface area (Å²) in [5.41, 5.74) is 5.10. The lowest BCUT2D eigenvalue weighted by atomic mass is 10.1. The fourth-order valence-electron chi connectivity index (χ4n) is 1.46. The number of nitrogens with zero attached hydrogens (tertiary/aromatic N) is 1. The van der Waals surface area contributed by atoms with Crippen LogP contribution in [0.1, 0.15) is 13.3 Å². The van der Waals surface area contributed by atoms with Gasteiger partial charge in [0.05, 0.1) is 5.92 Å². The highest BCUT2D eigenvalue weighted by Crippen LogP contribution is 2.16. The van der Waals surface area contributed by atoms with E-state index in [1.165, 1.54) is 11.8 Å². The third-order valence-corrected chi connectivity index (χ3v) is 2.26. The van der Waals surface area contributed by atoms with Crippen LogP contribution in [-0.4, -0.2) is 41.0 Å². The third kappa shape index (κ3) is 2.18. The molecule has 1 aliphatic heterocycles. The normalized spacial score (nSPS) is 24.5. The van der Waals surface area contributed by atoms with Crippen LogP contribution < -0.4 is 5.73 Å². The Balaban J connectivity index is 2.50. The summed E-state index contributed by atoms with van der Waals surface area (Å²) in [6.45, 7) is 2.27. The molecule has 0 aromatic rings. The maximum absolute atomic E-state index is 11.2. The molecule has 2 amide bonds. The summed E-state index contributed by atoms with van der Waals surface area (Å²) in [4.78, 5) is 23.5. The molecule has 1 saturated heterocycles. The first kappa shape index (κ1) is 9.98. The van der Waals surface area contributed by atoms with Gasteiger partial charge in [0.1, 0.15) is 6.10 Å². The van der Waals surface area contributed by atoms with E-state index in [2.05, 4.69) is 0 Å². The lowest BCUT2D eigenvalue weighted by Crippen LogP contribution is -2.37. The molecule has 1 fully saturated rings. The topological polar surface area (TPSA) is 83.6 Å². The second kappa shape index (κ2) is 3.74. The van der Waals surface area contributed by atoms with E-state index in [0.29, 0.717) is 19.5 Å². The van der Waals surface area contributed by atoms with Gasteiger partial charge in [0.25, 0.3) is 5.91 Å². The SMILES string of the molecule is C[C@@H](O)C(=O)N1CCC(C(N)=O)C1. The largest absolute Gasteiger partial charge is 0.384 e. The van der Waals surface area contributed by atoms with E-state index in [-0.39, 0.29) is 17.7 Å². The van der Waals surface area contributed by atoms with Crippen LogP contribution in [0.25, 0.3) is 0 Å². The number of aliphatic hydroxyl groups is 1. The molecule has 0 bridgehead atoms. The van der Waals surface area contributed by atoms with E-state index >= 15 is 0 Å². The Kier molecular flexibility index (Phi) is 2.87. The van der Waals surface area contributed by atoms with Gasteiger partial charge in [-0.2, -0.15) is 0 Å². The lowest BCUT2D eigenvalue weighted by molar-refractivity contribution is -0.138. The van der Waals surface area contributed by atoms with Crippen LogP contribution in [0, 0.1) is 5.92 Å². The molecule has 2 atom stereocenters. The summed E-state index contributed by atoms with van der Waals surface area (Å²) in [6.07, 6.45) is -0.389. The van der Waals surface area contributed by atoms with Crippen LogP contribution in [0.5, 0.6) is 0 Å². The van der Waals surface area contributed by atoms with Gasteiger partial charge >= 0.3 is 0 Å². The third-order valence-electron chi connectivity index (χ3n) is 2.26. The summed E-state index contributed by atoms with van der Waals surface area (Å²) in [6, 6.07) is 0. The molecule has 1 unspecified atom stereocenters. The fraction of sp³-hybridized carbons (Fsp3) is 0.750. The van der Waals surface area contributed by atoms with Crippen molar-refractivity contribution in [1.82, 2.24) is 4.90 Å². The molecule has 5 nitrogen and oxygen atoms in total. The average molecular weight is 186 g/mol. The Hall–Kier alpha value is -1.10. The number of nitrogens with two attached hydrogens (primary N) is 1. The zero-order valence-electron chi connectivity index (χ0n) is 7.56. The fourth-order valence-corrected chi connectivity index (χ4v) is 1.46. The van der Waals surface area contributed by atoms with E-state index in [0.717, 1.165) is 0 Å². The average Bonchev–Trinajstić information content (AvgIpc) is 2.50. The number of carbonyl (C=O) groups excluding carboxylic acids is 2. The molecule has 0 aliphatic carbocycles. The van der Waals surface area contributed by atoms with Crippen LogP contribution in [0.15, 0.2) is 0 Å². The molecule has 0 radical (unpaired) electrons. The van der Waals surface area contributed by atoms with Gasteiger partial charge in [-0.25, -0.2) is 0 Å². The summed E-state index contributed by atoms with van der Waals surface area (Å²) in [5, 5.41) is 9.00. The monoisotopic (exact) mass is 186 g/mol.